The van der Waals surface area contributed by atoms with Crippen LogP contribution in [0.2, 0.25) is 0 Å². The number of alkyl carbamates (subject to hydrolysis) is 2. The van der Waals surface area contributed by atoms with E-state index in [0.717, 1.165) is 11.1 Å². The predicted molar refractivity (Wildman–Crippen MR) is 161 cm³/mol. The number of hydrogen-bond acceptors (Lipinski definition) is 8. The Bertz CT molecular complexity index is 1380. The number of para-hydroxylation sites is 1. The first-order valence-electron chi connectivity index (χ1n) is 13.7. The topological polar surface area (TPSA) is 136 Å². The fourth-order valence-corrected chi connectivity index (χ4v) is 5.59. The first kappa shape index (κ1) is 31.2. The molecule has 2 atom stereocenters. The zero-order valence-corrected chi connectivity index (χ0v) is 24.8. The molecule has 0 aliphatic carbocycles. The largest absolute Gasteiger partial charge is 0.444 e. The van der Waals surface area contributed by atoms with Crippen LogP contribution in [0.4, 0.5) is 9.59 Å². The van der Waals surface area contributed by atoms with Crippen LogP contribution >= 0.6 is 0 Å². The van der Waals surface area contributed by atoms with E-state index in [2.05, 4.69) is 15.6 Å². The third-order valence-electron chi connectivity index (χ3n) is 6.72. The van der Waals surface area contributed by atoms with Crippen molar-refractivity contribution in [3.63, 3.8) is 0 Å². The van der Waals surface area contributed by atoms with Crippen molar-refractivity contribution in [3.05, 3.63) is 102 Å². The zero-order chi connectivity index (χ0) is 30.7. The van der Waals surface area contributed by atoms with Gasteiger partial charge >= 0.3 is 23.5 Å². The van der Waals surface area contributed by atoms with Crippen LogP contribution in [0.5, 0.6) is 5.75 Å². The van der Waals surface area contributed by atoms with Crippen LogP contribution in [0.1, 0.15) is 37.8 Å². The van der Waals surface area contributed by atoms with Gasteiger partial charge in [0.05, 0.1) is 11.5 Å². The lowest BCUT2D eigenvalue weighted by Crippen LogP contribution is -2.68. The van der Waals surface area contributed by atoms with E-state index in [0.29, 0.717) is 18.6 Å². The molecule has 0 saturated carbocycles. The molecular weight excluding hydrogens is 572 g/mol. The minimum atomic E-state index is -1.98. The summed E-state index contributed by atoms with van der Waals surface area (Å²) in [6, 6.07) is 26.9. The Morgan fingerprint density at radius 1 is 0.837 bits per heavy atom. The standard InChI is InChI=1S/C31H34N4O7S/c1-31(2)26(27(36)35(31)43(39)42-25-17-10-5-11-18-25)19-12-20-32-28(33-29(37)40-21-23-13-6-3-7-14-23)34-30(38)41-22-24-15-8-4-9-16-24/h3-11,13-18,26H,12,19-22H2,1-2H3,(H2,32,33,34,37,38)/t26-,43?/m1/s1. The normalized spacial score (nSPS) is 15.8. The highest BCUT2D eigenvalue weighted by atomic mass is 32.2. The van der Waals surface area contributed by atoms with Gasteiger partial charge in [0, 0.05) is 6.54 Å². The van der Waals surface area contributed by atoms with Crippen LogP contribution < -0.4 is 14.8 Å². The van der Waals surface area contributed by atoms with Crippen LogP contribution in [-0.4, -0.2) is 44.7 Å². The van der Waals surface area contributed by atoms with Gasteiger partial charge in [0.1, 0.15) is 19.0 Å². The van der Waals surface area contributed by atoms with Gasteiger partial charge in [-0.1, -0.05) is 78.9 Å². The summed E-state index contributed by atoms with van der Waals surface area (Å²) in [5.74, 6) is -0.426. The molecule has 1 fully saturated rings. The van der Waals surface area contributed by atoms with Crippen LogP contribution in [0.25, 0.3) is 0 Å². The van der Waals surface area contributed by atoms with Crippen molar-refractivity contribution in [2.45, 2.75) is 45.4 Å². The van der Waals surface area contributed by atoms with Crippen molar-refractivity contribution in [1.82, 2.24) is 14.9 Å². The molecule has 3 aromatic rings. The summed E-state index contributed by atoms with van der Waals surface area (Å²) in [5.41, 5.74) is 0.883. The summed E-state index contributed by atoms with van der Waals surface area (Å²) in [6.07, 6.45) is -0.723. The quantitative estimate of drug-likeness (QED) is 0.138. The van der Waals surface area contributed by atoms with Crippen LogP contribution in [-0.2, 0) is 38.7 Å². The van der Waals surface area contributed by atoms with Crippen molar-refractivity contribution in [2.75, 3.05) is 6.54 Å². The molecule has 4 rings (SSSR count). The van der Waals surface area contributed by atoms with Gasteiger partial charge < -0.3 is 13.7 Å². The number of nitrogens with zero attached hydrogens (tertiary/aromatic N) is 2. The summed E-state index contributed by atoms with van der Waals surface area (Å²) in [6.45, 7) is 3.90. The molecule has 3 aromatic carbocycles. The molecule has 1 heterocycles. The predicted octanol–water partition coefficient (Wildman–Crippen LogP) is 4.87. The maximum absolute atomic E-state index is 12.9. The monoisotopic (exact) mass is 606 g/mol. The second-order valence-corrected chi connectivity index (χ2v) is 11.2. The SMILES string of the molecule is CC1(C)[C@H](CCCN=C(NC(=O)OCc2ccccc2)NC(=O)OCc2ccccc2)C(=O)N1S(=O)Oc1ccccc1. The second-order valence-electron chi connectivity index (χ2n) is 10.2. The van der Waals surface area contributed by atoms with Gasteiger partial charge in [0.25, 0.3) is 0 Å². The number of guanidine groups is 1. The average molecular weight is 607 g/mol. The first-order chi connectivity index (χ1) is 20.7. The third kappa shape index (κ3) is 8.89. The lowest BCUT2D eigenvalue weighted by atomic mass is 9.76. The number of benzene rings is 3. The van der Waals surface area contributed by atoms with Gasteiger partial charge in [-0.15, -0.1) is 0 Å². The number of β-lactam (4-membered cyclic amide) rings is 1. The summed E-state index contributed by atoms with van der Waals surface area (Å²) < 4.78 is 29.9. The van der Waals surface area contributed by atoms with E-state index in [4.69, 9.17) is 13.7 Å². The molecule has 43 heavy (non-hydrogen) atoms. The molecule has 2 N–H and O–H groups in total. The Hall–Kier alpha value is -4.71. The minimum absolute atomic E-state index is 0.0309. The molecule has 226 valence electrons. The Kier molecular flexibility index (Phi) is 10.9. The van der Waals surface area contributed by atoms with E-state index in [9.17, 15) is 18.6 Å². The molecule has 0 aromatic heterocycles. The number of carbonyl (C=O) groups excluding carboxylic acids is 3. The summed E-state index contributed by atoms with van der Waals surface area (Å²) in [5, 5.41) is 4.90. The number of hydrogen-bond donors (Lipinski definition) is 2. The molecule has 0 radical (unpaired) electrons. The smallest absolute Gasteiger partial charge is 0.414 e. The Morgan fingerprint density at radius 2 is 1.33 bits per heavy atom. The molecule has 1 aliphatic rings. The van der Waals surface area contributed by atoms with Crippen LogP contribution in [0.3, 0.4) is 0 Å². The number of carbonyl (C=O) groups is 3. The molecule has 1 unspecified atom stereocenters. The number of aliphatic imine (C=N–C) groups is 1. The highest BCUT2D eigenvalue weighted by molar-refractivity contribution is 7.78. The van der Waals surface area contributed by atoms with Gasteiger partial charge in [-0.25, -0.2) is 13.9 Å². The van der Waals surface area contributed by atoms with E-state index in [1.807, 2.05) is 80.6 Å². The summed E-state index contributed by atoms with van der Waals surface area (Å²) in [4.78, 5) is 42.1. The Morgan fingerprint density at radius 3 is 1.81 bits per heavy atom. The second kappa shape index (κ2) is 15.0. The maximum Gasteiger partial charge on any atom is 0.414 e. The molecule has 0 spiro atoms. The summed E-state index contributed by atoms with van der Waals surface area (Å²) in [7, 11) is 0. The van der Waals surface area contributed by atoms with Gasteiger partial charge in [-0.2, -0.15) is 4.21 Å². The van der Waals surface area contributed by atoms with Crippen molar-refractivity contribution >= 4 is 35.3 Å². The van der Waals surface area contributed by atoms with Gasteiger partial charge in [-0.05, 0) is 49.9 Å². The maximum atomic E-state index is 12.9. The van der Waals surface area contributed by atoms with E-state index in [1.54, 1.807) is 24.3 Å². The van der Waals surface area contributed by atoms with E-state index < -0.39 is 34.9 Å². The fourth-order valence-electron chi connectivity index (χ4n) is 4.45. The molecular formula is C31H34N4O7S. The van der Waals surface area contributed by atoms with E-state index in [-0.39, 0.29) is 31.6 Å². The lowest BCUT2D eigenvalue weighted by molar-refractivity contribution is -0.154. The molecule has 0 bridgehead atoms. The van der Waals surface area contributed by atoms with Gasteiger partial charge in [0.15, 0.2) is 0 Å². The fraction of sp³-hybridized carbons (Fsp3) is 0.290. The highest BCUT2D eigenvalue weighted by Gasteiger charge is 2.57. The molecule has 1 aliphatic heterocycles. The van der Waals surface area contributed by atoms with Crippen LogP contribution in [0.15, 0.2) is 96.0 Å². The molecule has 1 saturated heterocycles. The lowest BCUT2D eigenvalue weighted by Gasteiger charge is -2.51. The van der Waals surface area contributed by atoms with Crippen molar-refractivity contribution in [2.24, 2.45) is 10.9 Å². The Labute approximate surface area is 253 Å². The highest BCUT2D eigenvalue weighted by Crippen LogP contribution is 2.41. The number of rotatable bonds is 11. The van der Waals surface area contributed by atoms with E-state index in [1.165, 1.54) is 4.31 Å². The van der Waals surface area contributed by atoms with E-state index >= 15 is 0 Å². The van der Waals surface area contributed by atoms with Crippen molar-refractivity contribution < 1.29 is 32.2 Å². The number of amides is 3. The molecule has 12 heteroatoms. The van der Waals surface area contributed by atoms with Gasteiger partial charge in [-0.3, -0.25) is 20.4 Å². The molecule has 11 nitrogen and oxygen atoms in total. The third-order valence-corrected chi connectivity index (χ3v) is 8.01. The Balaban J connectivity index is 1.31. The number of ether oxygens (including phenoxy) is 2. The molecule has 3 amide bonds. The van der Waals surface area contributed by atoms with Crippen molar-refractivity contribution in [1.29, 1.82) is 0 Å². The van der Waals surface area contributed by atoms with Gasteiger partial charge in [0.2, 0.25) is 11.9 Å². The average Bonchev–Trinajstić information content (AvgIpc) is 3.00. The first-order valence-corrected chi connectivity index (χ1v) is 14.8. The zero-order valence-electron chi connectivity index (χ0n) is 23.9. The van der Waals surface area contributed by atoms with Crippen molar-refractivity contribution in [3.8, 4) is 5.75 Å². The minimum Gasteiger partial charge on any atom is -0.444 e. The van der Waals surface area contributed by atoms with Crippen LogP contribution in [0, 0.1) is 5.92 Å². The summed E-state index contributed by atoms with van der Waals surface area (Å²) >= 11 is -1.98. The number of nitrogens with one attached hydrogen (secondary N) is 2.